The van der Waals surface area contributed by atoms with Crippen LogP contribution in [0.3, 0.4) is 0 Å². The predicted molar refractivity (Wildman–Crippen MR) is 36.6 cm³/mol. The largest absolute Gasteiger partial charge is 0.522 e. The zero-order valence-corrected chi connectivity index (χ0v) is 6.47. The summed E-state index contributed by atoms with van der Waals surface area (Å²) in [5.41, 5.74) is 0. The molecule has 0 N–H and O–H groups in total. The van der Waals surface area contributed by atoms with E-state index in [1.54, 1.807) is 24.3 Å². The number of thioether (sulfide) groups is 1. The van der Waals surface area contributed by atoms with E-state index >= 15 is 0 Å². The van der Waals surface area contributed by atoms with Crippen LogP contribution in [0, 0.1) is 0 Å². The lowest BCUT2D eigenvalue weighted by atomic mass is 11.1. The van der Waals surface area contributed by atoms with Crippen LogP contribution in [-0.2, 0) is 8.85 Å². The summed E-state index contributed by atoms with van der Waals surface area (Å²) >= 11 is 1.54. The third-order valence-electron chi connectivity index (χ3n) is 0.597. The Labute approximate surface area is 54.6 Å². The summed E-state index contributed by atoms with van der Waals surface area (Å²) in [6.07, 6.45) is 3.33. The Morgan fingerprint density at radius 3 is 2.38 bits per heavy atom. The molecule has 44 valence electrons. The van der Waals surface area contributed by atoms with E-state index in [9.17, 15) is 0 Å². The zero-order chi connectivity index (χ0) is 5.66. The van der Waals surface area contributed by atoms with Gasteiger partial charge in [0, 0.05) is 10.8 Å². The molecule has 2 nitrogen and oxygen atoms in total. The first-order chi connectivity index (χ1) is 4.00. The minimum absolute atomic E-state index is 0.735. The molecule has 0 bridgehead atoms. The van der Waals surface area contributed by atoms with Crippen molar-refractivity contribution in [3.05, 3.63) is 23.3 Å². The Kier molecular flexibility index (Phi) is 2.62. The lowest BCUT2D eigenvalue weighted by molar-refractivity contribution is 0.376. The minimum Gasteiger partial charge on any atom is -0.522 e. The molecule has 0 amide bonds. The van der Waals surface area contributed by atoms with Gasteiger partial charge in [-0.3, -0.25) is 0 Å². The molecule has 1 aliphatic heterocycles. The Morgan fingerprint density at radius 1 is 1.12 bits per heavy atom. The highest BCUT2D eigenvalue weighted by atomic mass is 32.2. The Bertz CT molecular complexity index is 101. The fourth-order valence-electron chi connectivity index (χ4n) is 0.306. The van der Waals surface area contributed by atoms with Crippen LogP contribution in [0.2, 0.25) is 0 Å². The lowest BCUT2D eigenvalue weighted by Crippen LogP contribution is -1.94. The first-order valence-electron chi connectivity index (χ1n) is 2.19. The van der Waals surface area contributed by atoms with Crippen LogP contribution >= 0.6 is 11.8 Å². The smallest absolute Gasteiger partial charge is 0.426 e. The summed E-state index contributed by atoms with van der Waals surface area (Å²) < 4.78 is 9.88. The first-order valence-corrected chi connectivity index (χ1v) is 4.28. The van der Waals surface area contributed by atoms with Gasteiger partial charge in [-0.2, -0.15) is 0 Å². The molecule has 0 fully saturated rings. The molecule has 0 unspecified atom stereocenters. The summed E-state index contributed by atoms with van der Waals surface area (Å²) in [6, 6.07) is 0. The van der Waals surface area contributed by atoms with Crippen LogP contribution in [0.15, 0.2) is 23.3 Å². The summed E-state index contributed by atoms with van der Waals surface area (Å²) in [5.74, 6) is 0. The van der Waals surface area contributed by atoms with Gasteiger partial charge < -0.3 is 8.85 Å². The van der Waals surface area contributed by atoms with Gasteiger partial charge in [0.05, 0.1) is 12.5 Å². The maximum Gasteiger partial charge on any atom is 0.426 e. The van der Waals surface area contributed by atoms with Crippen LogP contribution in [0.1, 0.15) is 0 Å². The summed E-state index contributed by atoms with van der Waals surface area (Å²) in [7, 11) is -0.735. The van der Waals surface area contributed by atoms with Crippen molar-refractivity contribution in [3.8, 4) is 0 Å². The van der Waals surface area contributed by atoms with E-state index in [4.69, 9.17) is 8.85 Å². The molecule has 0 radical (unpaired) electrons. The van der Waals surface area contributed by atoms with Crippen LogP contribution in [0.4, 0.5) is 0 Å². The molecule has 0 saturated carbocycles. The van der Waals surface area contributed by atoms with E-state index in [1.165, 1.54) is 0 Å². The average molecular weight is 146 g/mol. The second-order valence-electron chi connectivity index (χ2n) is 1.13. The van der Waals surface area contributed by atoms with Gasteiger partial charge >= 0.3 is 10.0 Å². The standard InChI is InChI=1S/C4H6O2SSi/c1-3-7-4-2-6-8-5-1/h1-4H,8H2. The maximum absolute atomic E-state index is 4.94. The molecule has 0 aliphatic carbocycles. The van der Waals surface area contributed by atoms with Crippen molar-refractivity contribution in [1.29, 1.82) is 0 Å². The fourth-order valence-corrected chi connectivity index (χ4v) is 1.39. The highest BCUT2D eigenvalue weighted by Gasteiger charge is 1.83. The van der Waals surface area contributed by atoms with Crippen molar-refractivity contribution in [3.63, 3.8) is 0 Å². The molecule has 0 aromatic rings. The van der Waals surface area contributed by atoms with Crippen LogP contribution < -0.4 is 0 Å². The second kappa shape index (κ2) is 3.62. The van der Waals surface area contributed by atoms with Gasteiger partial charge in [-0.15, -0.1) is 0 Å². The Balaban J connectivity index is 2.31. The molecular weight excluding hydrogens is 140 g/mol. The zero-order valence-electron chi connectivity index (χ0n) is 4.24. The summed E-state index contributed by atoms with van der Waals surface area (Å²) in [6.45, 7) is 0. The van der Waals surface area contributed by atoms with Crippen molar-refractivity contribution in [1.82, 2.24) is 0 Å². The van der Waals surface area contributed by atoms with Crippen molar-refractivity contribution in [2.75, 3.05) is 0 Å². The van der Waals surface area contributed by atoms with E-state index in [2.05, 4.69) is 0 Å². The quantitative estimate of drug-likeness (QED) is 0.469. The molecule has 0 saturated heterocycles. The van der Waals surface area contributed by atoms with Crippen molar-refractivity contribution in [2.24, 2.45) is 0 Å². The molecule has 0 aromatic carbocycles. The van der Waals surface area contributed by atoms with E-state index < -0.39 is 10.0 Å². The topological polar surface area (TPSA) is 18.5 Å². The molecule has 4 heteroatoms. The fraction of sp³-hybridized carbons (Fsp3) is 0. The van der Waals surface area contributed by atoms with Crippen LogP contribution in [0.5, 0.6) is 0 Å². The van der Waals surface area contributed by atoms with E-state index in [0.29, 0.717) is 0 Å². The lowest BCUT2D eigenvalue weighted by Gasteiger charge is -1.99. The van der Waals surface area contributed by atoms with Gasteiger partial charge in [0.15, 0.2) is 0 Å². The Hall–Kier alpha value is -0.353. The predicted octanol–water partition coefficient (Wildman–Crippen LogP) is 0.708. The molecular formula is C4H6O2SSi. The molecule has 0 atom stereocenters. The van der Waals surface area contributed by atoms with E-state index in [0.717, 1.165) is 0 Å². The molecule has 8 heavy (non-hydrogen) atoms. The van der Waals surface area contributed by atoms with Crippen molar-refractivity contribution in [2.45, 2.75) is 0 Å². The van der Waals surface area contributed by atoms with Gasteiger partial charge in [-0.25, -0.2) is 0 Å². The third-order valence-corrected chi connectivity index (χ3v) is 1.79. The molecule has 1 aliphatic rings. The average Bonchev–Trinajstić information content (AvgIpc) is 1.62. The van der Waals surface area contributed by atoms with Crippen LogP contribution in [-0.4, -0.2) is 10.0 Å². The summed E-state index contributed by atoms with van der Waals surface area (Å²) in [4.78, 5) is 0. The monoisotopic (exact) mass is 146 g/mol. The molecule has 1 heterocycles. The Morgan fingerprint density at radius 2 is 1.75 bits per heavy atom. The maximum atomic E-state index is 4.94. The molecule has 0 spiro atoms. The summed E-state index contributed by atoms with van der Waals surface area (Å²) in [5, 5.41) is 3.76. The van der Waals surface area contributed by atoms with Gasteiger partial charge in [0.2, 0.25) is 0 Å². The van der Waals surface area contributed by atoms with Gasteiger partial charge in [-0.1, -0.05) is 11.8 Å². The third kappa shape index (κ3) is 2.09. The van der Waals surface area contributed by atoms with Crippen molar-refractivity contribution < 1.29 is 8.85 Å². The molecule has 1 rings (SSSR count). The van der Waals surface area contributed by atoms with Crippen LogP contribution in [0.25, 0.3) is 0 Å². The van der Waals surface area contributed by atoms with Gasteiger partial charge in [-0.05, 0) is 0 Å². The SMILES string of the molecule is C1=CSC=CO[SiH2]O1. The van der Waals surface area contributed by atoms with E-state index in [1.807, 2.05) is 10.8 Å². The first kappa shape index (κ1) is 5.78. The minimum atomic E-state index is -0.735. The number of rotatable bonds is 0. The number of hydrogen-bond donors (Lipinski definition) is 0. The second-order valence-corrected chi connectivity index (χ2v) is 2.85. The van der Waals surface area contributed by atoms with Gasteiger partial charge in [0.25, 0.3) is 0 Å². The highest BCUT2D eigenvalue weighted by molar-refractivity contribution is 8.04. The van der Waals surface area contributed by atoms with Crippen molar-refractivity contribution >= 4 is 21.8 Å². The van der Waals surface area contributed by atoms with Gasteiger partial charge in [0.1, 0.15) is 0 Å². The highest BCUT2D eigenvalue weighted by Crippen LogP contribution is 2.05. The number of hydrogen-bond acceptors (Lipinski definition) is 3. The molecule has 0 aromatic heterocycles. The van der Waals surface area contributed by atoms with E-state index in [-0.39, 0.29) is 0 Å². The normalized spacial score (nSPS) is 21.0.